The van der Waals surface area contributed by atoms with Crippen LogP contribution in [0.5, 0.6) is 0 Å². The molecule has 1 fully saturated rings. The van der Waals surface area contributed by atoms with Crippen molar-refractivity contribution < 1.29 is 4.92 Å². The van der Waals surface area contributed by atoms with Crippen molar-refractivity contribution in [2.45, 2.75) is 47.1 Å². The van der Waals surface area contributed by atoms with Gasteiger partial charge in [-0.15, -0.1) is 12.4 Å². The normalized spacial score (nSPS) is 18.9. The van der Waals surface area contributed by atoms with Gasteiger partial charge in [-0.1, -0.05) is 39.5 Å². The molecule has 0 aromatic heterocycles. The molecule has 7 heteroatoms. The van der Waals surface area contributed by atoms with Crippen molar-refractivity contribution in [3.63, 3.8) is 0 Å². The fourth-order valence-electron chi connectivity index (χ4n) is 2.94. The molecule has 1 aliphatic heterocycles. The molecule has 0 spiro atoms. The summed E-state index contributed by atoms with van der Waals surface area (Å²) < 4.78 is 0. The van der Waals surface area contributed by atoms with Crippen LogP contribution in [0.3, 0.4) is 0 Å². The van der Waals surface area contributed by atoms with Crippen LogP contribution in [0.4, 0.5) is 11.4 Å². The number of hydrogen-bond acceptors (Lipinski definition) is 4. The van der Waals surface area contributed by atoms with Gasteiger partial charge in [0.15, 0.2) is 5.17 Å². The van der Waals surface area contributed by atoms with Crippen LogP contribution in [0, 0.1) is 28.9 Å². The second-order valence-electron chi connectivity index (χ2n) is 7.26. The lowest BCUT2D eigenvalue weighted by molar-refractivity contribution is -0.384. The summed E-state index contributed by atoms with van der Waals surface area (Å²) in [6, 6.07) is 5.40. The number of halogens is 1. The van der Waals surface area contributed by atoms with Crippen LogP contribution in [-0.4, -0.2) is 33.3 Å². The summed E-state index contributed by atoms with van der Waals surface area (Å²) in [5.41, 5.74) is 1.78. The molecule has 1 aromatic carbocycles. The standard InChI is InChI=1S/C18H27N3O2S.ClH/c1-12(2)8-16-11-24-18(20(16)10-13(3)4)19-17-7-6-15(21(22)23)9-14(17)5;/h6-7,9,12-13,16H,8,10-11H2,1-5H3;1H/b19-18-;. The van der Waals surface area contributed by atoms with Gasteiger partial charge in [0.25, 0.3) is 5.69 Å². The largest absolute Gasteiger partial charge is 0.347 e. The minimum absolute atomic E-state index is 0. The van der Waals surface area contributed by atoms with Gasteiger partial charge in [-0.05, 0) is 36.8 Å². The van der Waals surface area contributed by atoms with Gasteiger partial charge in [0.05, 0.1) is 10.6 Å². The first kappa shape index (κ1) is 21.8. The van der Waals surface area contributed by atoms with Crippen LogP contribution in [0.1, 0.15) is 39.7 Å². The van der Waals surface area contributed by atoms with E-state index in [-0.39, 0.29) is 23.0 Å². The number of aliphatic imine (C=N–C) groups is 1. The summed E-state index contributed by atoms with van der Waals surface area (Å²) in [7, 11) is 0. The zero-order valence-electron chi connectivity index (χ0n) is 15.6. The third kappa shape index (κ3) is 5.89. The molecule has 1 aliphatic rings. The maximum Gasteiger partial charge on any atom is 0.269 e. The van der Waals surface area contributed by atoms with E-state index >= 15 is 0 Å². The number of amidine groups is 1. The van der Waals surface area contributed by atoms with Gasteiger partial charge in [-0.25, -0.2) is 4.99 Å². The Morgan fingerprint density at radius 3 is 2.52 bits per heavy atom. The lowest BCUT2D eigenvalue weighted by Gasteiger charge is -2.28. The Morgan fingerprint density at radius 2 is 2.00 bits per heavy atom. The van der Waals surface area contributed by atoms with E-state index < -0.39 is 0 Å². The SMILES string of the molecule is Cc1cc([N+](=O)[O-])ccc1/N=C1\SCC(CC(C)C)N1CC(C)C.Cl. The third-order valence-electron chi connectivity index (χ3n) is 4.00. The number of thioether (sulfide) groups is 1. The van der Waals surface area contributed by atoms with Crippen molar-refractivity contribution in [2.75, 3.05) is 12.3 Å². The van der Waals surface area contributed by atoms with E-state index in [0.717, 1.165) is 35.1 Å². The second kappa shape index (κ2) is 9.43. The Balaban J connectivity index is 0.00000312. The lowest BCUT2D eigenvalue weighted by atomic mass is 10.0. The van der Waals surface area contributed by atoms with Crippen molar-refractivity contribution in [1.82, 2.24) is 4.90 Å². The van der Waals surface area contributed by atoms with Crippen molar-refractivity contribution in [3.05, 3.63) is 33.9 Å². The van der Waals surface area contributed by atoms with Crippen LogP contribution in [0.2, 0.25) is 0 Å². The van der Waals surface area contributed by atoms with Crippen molar-refractivity contribution in [1.29, 1.82) is 0 Å². The highest BCUT2D eigenvalue weighted by atomic mass is 35.5. The highest BCUT2D eigenvalue weighted by molar-refractivity contribution is 8.14. The van der Waals surface area contributed by atoms with Gasteiger partial charge in [0, 0.05) is 30.5 Å². The lowest BCUT2D eigenvalue weighted by Crippen LogP contribution is -2.37. The molecule has 1 heterocycles. The minimum atomic E-state index is -0.363. The highest BCUT2D eigenvalue weighted by Gasteiger charge is 2.31. The molecule has 1 saturated heterocycles. The predicted molar refractivity (Wildman–Crippen MR) is 109 cm³/mol. The molecule has 1 aromatic rings. The summed E-state index contributed by atoms with van der Waals surface area (Å²) >= 11 is 1.80. The molecule has 0 radical (unpaired) electrons. The molecule has 1 atom stereocenters. The molecular weight excluding hydrogens is 358 g/mol. The number of aryl methyl sites for hydroxylation is 1. The summed E-state index contributed by atoms with van der Waals surface area (Å²) in [5.74, 6) is 2.29. The Labute approximate surface area is 160 Å². The molecule has 0 N–H and O–H groups in total. The number of nitrogens with zero attached hydrogens (tertiary/aromatic N) is 3. The smallest absolute Gasteiger partial charge is 0.269 e. The second-order valence-corrected chi connectivity index (χ2v) is 8.25. The number of hydrogen-bond donors (Lipinski definition) is 0. The maximum atomic E-state index is 10.9. The summed E-state index contributed by atoms with van der Waals surface area (Å²) in [5, 5.41) is 11.9. The van der Waals surface area contributed by atoms with Crippen molar-refractivity contribution in [3.8, 4) is 0 Å². The van der Waals surface area contributed by atoms with Crippen LogP contribution in [-0.2, 0) is 0 Å². The van der Waals surface area contributed by atoms with Gasteiger partial charge >= 0.3 is 0 Å². The summed E-state index contributed by atoms with van der Waals surface area (Å²) in [6.45, 7) is 11.8. The van der Waals surface area contributed by atoms with Crippen LogP contribution in [0.15, 0.2) is 23.2 Å². The predicted octanol–water partition coefficient (Wildman–Crippen LogP) is 5.43. The van der Waals surface area contributed by atoms with E-state index in [2.05, 4.69) is 32.6 Å². The fraction of sp³-hybridized carbons (Fsp3) is 0.611. The molecule has 25 heavy (non-hydrogen) atoms. The molecule has 2 rings (SSSR count). The highest BCUT2D eigenvalue weighted by Crippen LogP contribution is 2.32. The number of nitro benzene ring substituents is 1. The summed E-state index contributed by atoms with van der Waals surface area (Å²) in [6.07, 6.45) is 1.16. The van der Waals surface area contributed by atoms with Gasteiger partial charge < -0.3 is 4.90 Å². The zero-order chi connectivity index (χ0) is 17.9. The number of non-ortho nitro benzene ring substituents is 1. The molecule has 1 unspecified atom stereocenters. The maximum absolute atomic E-state index is 10.9. The minimum Gasteiger partial charge on any atom is -0.347 e. The Morgan fingerprint density at radius 1 is 1.32 bits per heavy atom. The topological polar surface area (TPSA) is 58.7 Å². The van der Waals surface area contributed by atoms with Gasteiger partial charge in [0.1, 0.15) is 0 Å². The molecule has 0 saturated carbocycles. The van der Waals surface area contributed by atoms with Crippen LogP contribution < -0.4 is 0 Å². The average molecular weight is 386 g/mol. The quantitative estimate of drug-likeness (QED) is 0.483. The number of nitro groups is 1. The first-order chi connectivity index (χ1) is 11.3. The molecule has 0 amide bonds. The van der Waals surface area contributed by atoms with E-state index in [1.807, 2.05) is 6.92 Å². The van der Waals surface area contributed by atoms with Crippen molar-refractivity contribution >= 4 is 40.7 Å². The van der Waals surface area contributed by atoms with E-state index in [4.69, 9.17) is 4.99 Å². The molecule has 0 bridgehead atoms. The average Bonchev–Trinajstić information content (AvgIpc) is 2.82. The number of benzene rings is 1. The van der Waals surface area contributed by atoms with Crippen LogP contribution in [0.25, 0.3) is 0 Å². The summed E-state index contributed by atoms with van der Waals surface area (Å²) in [4.78, 5) is 17.8. The Hall–Kier alpha value is -1.27. The Kier molecular flexibility index (Phi) is 8.22. The fourth-order valence-corrected chi connectivity index (χ4v) is 4.15. The monoisotopic (exact) mass is 385 g/mol. The molecule has 140 valence electrons. The van der Waals surface area contributed by atoms with Gasteiger partial charge in [0.2, 0.25) is 0 Å². The van der Waals surface area contributed by atoms with Gasteiger partial charge in [-0.3, -0.25) is 10.1 Å². The molecule has 0 aliphatic carbocycles. The van der Waals surface area contributed by atoms with Crippen LogP contribution >= 0.6 is 24.2 Å². The van der Waals surface area contributed by atoms with Gasteiger partial charge in [-0.2, -0.15) is 0 Å². The first-order valence-electron chi connectivity index (χ1n) is 8.51. The van der Waals surface area contributed by atoms with E-state index in [1.54, 1.807) is 23.9 Å². The van der Waals surface area contributed by atoms with E-state index in [9.17, 15) is 10.1 Å². The van der Waals surface area contributed by atoms with E-state index in [0.29, 0.717) is 17.9 Å². The third-order valence-corrected chi connectivity index (χ3v) is 5.14. The molecule has 5 nitrogen and oxygen atoms in total. The first-order valence-corrected chi connectivity index (χ1v) is 9.49. The van der Waals surface area contributed by atoms with Crippen molar-refractivity contribution in [2.24, 2.45) is 16.8 Å². The Bertz CT molecular complexity index is 635. The zero-order valence-corrected chi connectivity index (χ0v) is 17.2. The van der Waals surface area contributed by atoms with E-state index in [1.165, 1.54) is 6.07 Å². The molecular formula is C18H28ClN3O2S. The number of rotatable bonds is 6.